The standard InChI is InChI=1S/C16H17Cl2N3O.ClH/c17-13-4-3-12(14(18)9-13)8-15(19)16(22)21-7-5-11-2-1-6-20-10-11;/h1-4,6,9-10,15H,5,7-8,19H2,(H,21,22);1H/t15-;/m1./s1. The maximum atomic E-state index is 12.0. The van der Waals surface area contributed by atoms with Crippen LogP contribution in [0, 0.1) is 0 Å². The Labute approximate surface area is 151 Å². The zero-order chi connectivity index (χ0) is 15.9. The molecule has 0 radical (unpaired) electrons. The molecule has 2 rings (SSSR count). The molecule has 1 heterocycles. The highest BCUT2D eigenvalue weighted by Crippen LogP contribution is 2.21. The van der Waals surface area contributed by atoms with Crippen molar-refractivity contribution in [1.82, 2.24) is 10.3 Å². The molecule has 0 unspecified atom stereocenters. The zero-order valence-electron chi connectivity index (χ0n) is 12.3. The molecule has 0 bridgehead atoms. The van der Waals surface area contributed by atoms with Crippen LogP contribution in [0.5, 0.6) is 0 Å². The van der Waals surface area contributed by atoms with Crippen LogP contribution in [0.15, 0.2) is 42.7 Å². The number of halogens is 3. The Balaban J connectivity index is 0.00000264. The quantitative estimate of drug-likeness (QED) is 0.816. The van der Waals surface area contributed by atoms with Crippen molar-refractivity contribution in [2.24, 2.45) is 5.73 Å². The second-order valence-electron chi connectivity index (χ2n) is 4.95. The summed E-state index contributed by atoms with van der Waals surface area (Å²) in [7, 11) is 0. The molecule has 1 aromatic carbocycles. The van der Waals surface area contributed by atoms with Gasteiger partial charge in [0.15, 0.2) is 0 Å². The summed E-state index contributed by atoms with van der Waals surface area (Å²) in [6.07, 6.45) is 4.58. The Bertz CT molecular complexity index is 638. The summed E-state index contributed by atoms with van der Waals surface area (Å²) >= 11 is 11.9. The van der Waals surface area contributed by atoms with Gasteiger partial charge in [-0.15, -0.1) is 12.4 Å². The van der Waals surface area contributed by atoms with Gasteiger partial charge in [0.2, 0.25) is 5.91 Å². The van der Waals surface area contributed by atoms with Gasteiger partial charge in [-0.1, -0.05) is 35.3 Å². The third-order valence-corrected chi connectivity index (χ3v) is 3.81. The van der Waals surface area contributed by atoms with E-state index in [2.05, 4.69) is 10.3 Å². The van der Waals surface area contributed by atoms with Crippen molar-refractivity contribution in [2.75, 3.05) is 6.54 Å². The lowest BCUT2D eigenvalue weighted by Gasteiger charge is -2.13. The monoisotopic (exact) mass is 373 g/mol. The Morgan fingerprint density at radius 2 is 2.09 bits per heavy atom. The molecule has 124 valence electrons. The van der Waals surface area contributed by atoms with Gasteiger partial charge in [-0.3, -0.25) is 9.78 Å². The van der Waals surface area contributed by atoms with Crippen molar-refractivity contribution in [3.05, 3.63) is 63.9 Å². The average molecular weight is 375 g/mol. The predicted molar refractivity (Wildman–Crippen MR) is 96.3 cm³/mol. The van der Waals surface area contributed by atoms with E-state index in [-0.39, 0.29) is 18.3 Å². The first kappa shape index (κ1) is 19.7. The summed E-state index contributed by atoms with van der Waals surface area (Å²) in [5, 5.41) is 3.90. The Hall–Kier alpha value is -1.33. The van der Waals surface area contributed by atoms with Crippen LogP contribution in [0.1, 0.15) is 11.1 Å². The normalized spacial score (nSPS) is 11.4. The number of carbonyl (C=O) groups is 1. The molecule has 3 N–H and O–H groups in total. The smallest absolute Gasteiger partial charge is 0.237 e. The summed E-state index contributed by atoms with van der Waals surface area (Å²) < 4.78 is 0. The molecule has 4 nitrogen and oxygen atoms in total. The molecule has 23 heavy (non-hydrogen) atoms. The fourth-order valence-electron chi connectivity index (χ4n) is 2.02. The Kier molecular flexibility index (Phi) is 8.34. The van der Waals surface area contributed by atoms with E-state index < -0.39 is 6.04 Å². The van der Waals surface area contributed by atoms with E-state index in [9.17, 15) is 4.79 Å². The van der Waals surface area contributed by atoms with Crippen LogP contribution >= 0.6 is 35.6 Å². The molecular weight excluding hydrogens is 357 g/mol. The molecule has 1 atom stereocenters. The van der Waals surface area contributed by atoms with Crippen molar-refractivity contribution in [1.29, 1.82) is 0 Å². The second-order valence-corrected chi connectivity index (χ2v) is 5.79. The molecule has 0 aliphatic rings. The van der Waals surface area contributed by atoms with Gasteiger partial charge in [0.05, 0.1) is 6.04 Å². The summed E-state index contributed by atoms with van der Waals surface area (Å²) in [5.74, 6) is -0.199. The van der Waals surface area contributed by atoms with Crippen LogP contribution in [0.3, 0.4) is 0 Å². The minimum atomic E-state index is -0.646. The topological polar surface area (TPSA) is 68.0 Å². The minimum absolute atomic E-state index is 0. The number of carbonyl (C=O) groups excluding carboxylic acids is 1. The van der Waals surface area contributed by atoms with Gasteiger partial charge in [-0.25, -0.2) is 0 Å². The highest BCUT2D eigenvalue weighted by molar-refractivity contribution is 6.35. The van der Waals surface area contributed by atoms with Gasteiger partial charge < -0.3 is 11.1 Å². The van der Waals surface area contributed by atoms with Crippen LogP contribution in [0.25, 0.3) is 0 Å². The lowest BCUT2D eigenvalue weighted by Crippen LogP contribution is -2.42. The number of pyridine rings is 1. The Morgan fingerprint density at radius 1 is 1.30 bits per heavy atom. The fourth-order valence-corrected chi connectivity index (χ4v) is 2.51. The Morgan fingerprint density at radius 3 is 2.74 bits per heavy atom. The van der Waals surface area contributed by atoms with Crippen molar-refractivity contribution in [3.8, 4) is 0 Å². The van der Waals surface area contributed by atoms with Crippen molar-refractivity contribution in [3.63, 3.8) is 0 Å². The largest absolute Gasteiger partial charge is 0.354 e. The highest BCUT2D eigenvalue weighted by atomic mass is 35.5. The van der Waals surface area contributed by atoms with Gasteiger partial charge in [0.25, 0.3) is 0 Å². The number of amides is 1. The first-order chi connectivity index (χ1) is 10.6. The maximum Gasteiger partial charge on any atom is 0.237 e. The molecule has 1 amide bonds. The molecule has 0 saturated heterocycles. The number of benzene rings is 1. The second kappa shape index (κ2) is 9.73. The van der Waals surface area contributed by atoms with Crippen LogP contribution < -0.4 is 11.1 Å². The average Bonchev–Trinajstić information content (AvgIpc) is 2.51. The SMILES string of the molecule is Cl.N[C@H](Cc1ccc(Cl)cc1Cl)C(=O)NCCc1cccnc1. The van der Waals surface area contributed by atoms with Crippen LogP contribution in [-0.4, -0.2) is 23.5 Å². The van der Waals surface area contributed by atoms with Gasteiger partial charge in [0, 0.05) is 29.0 Å². The zero-order valence-corrected chi connectivity index (χ0v) is 14.7. The first-order valence-electron chi connectivity index (χ1n) is 6.92. The minimum Gasteiger partial charge on any atom is -0.354 e. The molecular formula is C16H18Cl3N3O. The van der Waals surface area contributed by atoms with Crippen molar-refractivity contribution < 1.29 is 4.79 Å². The number of hydrogen-bond donors (Lipinski definition) is 2. The molecule has 1 aromatic heterocycles. The summed E-state index contributed by atoms with van der Waals surface area (Å²) in [6.45, 7) is 0.520. The molecule has 0 aliphatic heterocycles. The van der Waals surface area contributed by atoms with Gasteiger partial charge >= 0.3 is 0 Å². The van der Waals surface area contributed by atoms with E-state index in [1.165, 1.54) is 0 Å². The van der Waals surface area contributed by atoms with Gasteiger partial charge in [-0.2, -0.15) is 0 Å². The molecule has 7 heteroatoms. The van der Waals surface area contributed by atoms with Gasteiger partial charge in [0.1, 0.15) is 0 Å². The van der Waals surface area contributed by atoms with Crippen LogP contribution in [-0.2, 0) is 17.6 Å². The van der Waals surface area contributed by atoms with E-state index >= 15 is 0 Å². The predicted octanol–water partition coefficient (Wildman–Crippen LogP) is 3.04. The highest BCUT2D eigenvalue weighted by Gasteiger charge is 2.15. The molecule has 0 spiro atoms. The third kappa shape index (κ3) is 6.36. The van der Waals surface area contributed by atoms with E-state index in [1.807, 2.05) is 12.1 Å². The number of nitrogens with two attached hydrogens (primary N) is 1. The van der Waals surface area contributed by atoms with Crippen LogP contribution in [0.2, 0.25) is 10.0 Å². The lowest BCUT2D eigenvalue weighted by molar-refractivity contribution is -0.122. The number of nitrogens with one attached hydrogen (secondary N) is 1. The van der Waals surface area contributed by atoms with E-state index in [1.54, 1.807) is 30.6 Å². The molecule has 0 saturated carbocycles. The fraction of sp³-hybridized carbons (Fsp3) is 0.250. The van der Waals surface area contributed by atoms with Gasteiger partial charge in [-0.05, 0) is 42.2 Å². The van der Waals surface area contributed by atoms with E-state index in [0.717, 1.165) is 11.1 Å². The van der Waals surface area contributed by atoms with E-state index in [4.69, 9.17) is 28.9 Å². The maximum absolute atomic E-state index is 12.0. The van der Waals surface area contributed by atoms with Crippen molar-refractivity contribution in [2.45, 2.75) is 18.9 Å². The number of rotatable bonds is 6. The van der Waals surface area contributed by atoms with Crippen LogP contribution in [0.4, 0.5) is 0 Å². The third-order valence-electron chi connectivity index (χ3n) is 3.23. The van der Waals surface area contributed by atoms with Crippen molar-refractivity contribution >= 4 is 41.5 Å². The lowest BCUT2D eigenvalue weighted by atomic mass is 10.1. The number of aromatic nitrogens is 1. The number of hydrogen-bond acceptors (Lipinski definition) is 3. The molecule has 0 aliphatic carbocycles. The molecule has 2 aromatic rings. The summed E-state index contributed by atoms with van der Waals surface area (Å²) in [4.78, 5) is 16.0. The summed E-state index contributed by atoms with van der Waals surface area (Å²) in [5.41, 5.74) is 7.79. The first-order valence-corrected chi connectivity index (χ1v) is 7.68. The van der Waals surface area contributed by atoms with E-state index in [0.29, 0.717) is 29.4 Å². The number of nitrogens with zero attached hydrogens (tertiary/aromatic N) is 1. The summed E-state index contributed by atoms with van der Waals surface area (Å²) in [6, 6.07) is 8.35. The molecule has 0 fully saturated rings.